The Hall–Kier alpha value is -3.39. The molecule has 2 aromatic rings. The summed E-state index contributed by atoms with van der Waals surface area (Å²) in [6.45, 7) is 3.75. The average Bonchev–Trinajstić information content (AvgIpc) is 3.01. The lowest BCUT2D eigenvalue weighted by atomic mass is 10.1. The smallest absolute Gasteiger partial charge is 0.338 e. The molecule has 4 rings (SSSR count). The van der Waals surface area contributed by atoms with Gasteiger partial charge in [0.15, 0.2) is 6.61 Å². The third-order valence-electron chi connectivity index (χ3n) is 4.87. The van der Waals surface area contributed by atoms with Gasteiger partial charge in [0.25, 0.3) is 17.7 Å². The Bertz CT molecular complexity index is 1080. The number of esters is 1. The molecule has 2 aliphatic rings. The topological polar surface area (TPSA) is 84.0 Å². The van der Waals surface area contributed by atoms with Crippen molar-refractivity contribution in [3.63, 3.8) is 0 Å². The predicted molar refractivity (Wildman–Crippen MR) is 112 cm³/mol. The molecule has 0 atom stereocenters. The van der Waals surface area contributed by atoms with Crippen LogP contribution in [0, 0.1) is 0 Å². The maximum absolute atomic E-state index is 12.6. The second kappa shape index (κ2) is 8.16. The lowest BCUT2D eigenvalue weighted by molar-refractivity contribution is -0.121. The zero-order chi connectivity index (χ0) is 21.3. The van der Waals surface area contributed by atoms with E-state index >= 15 is 0 Å². The molecule has 0 radical (unpaired) electrons. The van der Waals surface area contributed by atoms with Crippen LogP contribution in [0.3, 0.4) is 0 Å². The van der Waals surface area contributed by atoms with Crippen molar-refractivity contribution in [2.45, 2.75) is 4.90 Å². The molecule has 3 amide bonds. The van der Waals surface area contributed by atoms with Crippen molar-refractivity contribution < 1.29 is 23.9 Å². The predicted octanol–water partition coefficient (Wildman–Crippen LogP) is 2.76. The first-order valence-electron chi connectivity index (χ1n) is 9.31. The zero-order valence-corrected chi connectivity index (χ0v) is 16.8. The van der Waals surface area contributed by atoms with Crippen LogP contribution in [0.1, 0.15) is 31.1 Å². The monoisotopic (exact) mass is 422 g/mol. The van der Waals surface area contributed by atoms with Gasteiger partial charge >= 0.3 is 5.97 Å². The molecule has 0 saturated carbocycles. The van der Waals surface area contributed by atoms with E-state index in [0.717, 1.165) is 21.2 Å². The lowest BCUT2D eigenvalue weighted by Gasteiger charge is -2.28. The van der Waals surface area contributed by atoms with Crippen molar-refractivity contribution in [2.24, 2.45) is 0 Å². The Kier molecular flexibility index (Phi) is 5.41. The van der Waals surface area contributed by atoms with Crippen LogP contribution in [-0.4, -0.2) is 54.0 Å². The number of fused-ring (bicyclic) bond motifs is 2. The summed E-state index contributed by atoms with van der Waals surface area (Å²) < 4.78 is 5.19. The van der Waals surface area contributed by atoms with Gasteiger partial charge in [0, 0.05) is 23.7 Å². The molecule has 0 N–H and O–H groups in total. The summed E-state index contributed by atoms with van der Waals surface area (Å²) in [5.74, 6) is -1.19. The van der Waals surface area contributed by atoms with E-state index in [1.54, 1.807) is 16.7 Å². The first kappa shape index (κ1) is 19.9. The summed E-state index contributed by atoms with van der Waals surface area (Å²) in [5, 5.41) is 0. The van der Waals surface area contributed by atoms with Crippen molar-refractivity contribution in [3.8, 4) is 0 Å². The molecule has 2 aliphatic heterocycles. The van der Waals surface area contributed by atoms with Gasteiger partial charge in [-0.05, 0) is 30.3 Å². The number of rotatable bonds is 5. The fourth-order valence-corrected chi connectivity index (χ4v) is 4.42. The molecule has 0 aromatic heterocycles. The molecular weight excluding hydrogens is 404 g/mol. The van der Waals surface area contributed by atoms with E-state index < -0.39 is 24.4 Å². The van der Waals surface area contributed by atoms with Crippen LogP contribution in [0.4, 0.5) is 5.69 Å². The minimum Gasteiger partial charge on any atom is -0.452 e. The summed E-state index contributed by atoms with van der Waals surface area (Å²) in [4.78, 5) is 53.4. The highest BCUT2D eigenvalue weighted by molar-refractivity contribution is 7.99. The maximum atomic E-state index is 12.6. The number of carbonyl (C=O) groups excluding carboxylic acids is 4. The van der Waals surface area contributed by atoms with Crippen molar-refractivity contribution >= 4 is 41.1 Å². The first-order chi connectivity index (χ1) is 14.5. The van der Waals surface area contributed by atoms with Gasteiger partial charge in [0.1, 0.15) is 0 Å². The zero-order valence-electron chi connectivity index (χ0n) is 16.0. The molecule has 152 valence electrons. The van der Waals surface area contributed by atoms with Crippen molar-refractivity contribution in [3.05, 3.63) is 71.8 Å². The number of amides is 3. The van der Waals surface area contributed by atoms with Crippen LogP contribution in [0.15, 0.2) is 60.0 Å². The highest BCUT2D eigenvalue weighted by Gasteiger charge is 2.35. The van der Waals surface area contributed by atoms with Gasteiger partial charge in [-0.3, -0.25) is 19.3 Å². The van der Waals surface area contributed by atoms with E-state index in [1.165, 1.54) is 24.3 Å². The Morgan fingerprint density at radius 2 is 1.87 bits per heavy atom. The number of hydrogen-bond acceptors (Lipinski definition) is 6. The maximum Gasteiger partial charge on any atom is 0.338 e. The second-order valence-electron chi connectivity index (χ2n) is 6.71. The molecule has 2 heterocycles. The van der Waals surface area contributed by atoms with E-state index in [1.807, 2.05) is 24.3 Å². The third-order valence-corrected chi connectivity index (χ3v) is 5.92. The average molecular weight is 422 g/mol. The van der Waals surface area contributed by atoms with Crippen LogP contribution in [0.5, 0.6) is 0 Å². The molecule has 2 aromatic carbocycles. The lowest BCUT2D eigenvalue weighted by Crippen LogP contribution is -2.38. The largest absolute Gasteiger partial charge is 0.452 e. The molecule has 0 unspecified atom stereocenters. The fraction of sp³-hybridized carbons (Fsp3) is 0.182. The van der Waals surface area contributed by atoms with E-state index in [4.69, 9.17) is 4.74 Å². The molecule has 0 saturated heterocycles. The van der Waals surface area contributed by atoms with Crippen LogP contribution >= 0.6 is 11.8 Å². The normalized spacial score (nSPS) is 14.9. The number of imide groups is 1. The molecule has 7 nitrogen and oxygen atoms in total. The second-order valence-corrected chi connectivity index (χ2v) is 7.84. The number of anilines is 1. The molecule has 0 aliphatic carbocycles. The first-order valence-corrected chi connectivity index (χ1v) is 10.3. The number of hydrogen-bond donors (Lipinski definition) is 0. The SMILES string of the molecule is C=CCN1C(=O)c2ccc(C(=O)OCC(=O)N3CCSc4ccccc43)cc2C1=O. The number of nitrogens with zero attached hydrogens (tertiary/aromatic N) is 2. The van der Waals surface area contributed by atoms with Gasteiger partial charge in [0.2, 0.25) is 0 Å². The molecule has 0 fully saturated rings. The van der Waals surface area contributed by atoms with Gasteiger partial charge in [-0.1, -0.05) is 18.2 Å². The number of para-hydroxylation sites is 1. The summed E-state index contributed by atoms with van der Waals surface area (Å²) in [6, 6.07) is 11.8. The van der Waals surface area contributed by atoms with E-state index in [0.29, 0.717) is 6.54 Å². The van der Waals surface area contributed by atoms with Gasteiger partial charge in [-0.2, -0.15) is 0 Å². The van der Waals surface area contributed by atoms with Crippen molar-refractivity contribution in [2.75, 3.05) is 30.3 Å². The van der Waals surface area contributed by atoms with Crippen LogP contribution < -0.4 is 4.90 Å². The van der Waals surface area contributed by atoms with Gasteiger partial charge in [0.05, 0.1) is 22.4 Å². The molecule has 30 heavy (non-hydrogen) atoms. The highest BCUT2D eigenvalue weighted by atomic mass is 32.2. The number of carbonyl (C=O) groups is 4. The van der Waals surface area contributed by atoms with Gasteiger partial charge in [-0.15, -0.1) is 18.3 Å². The quantitative estimate of drug-likeness (QED) is 0.419. The van der Waals surface area contributed by atoms with Gasteiger partial charge in [-0.25, -0.2) is 4.79 Å². The van der Waals surface area contributed by atoms with Crippen molar-refractivity contribution in [1.82, 2.24) is 4.90 Å². The van der Waals surface area contributed by atoms with Crippen LogP contribution in [0.25, 0.3) is 0 Å². The summed E-state index contributed by atoms with van der Waals surface area (Å²) in [7, 11) is 0. The highest BCUT2D eigenvalue weighted by Crippen LogP contribution is 2.34. The number of ether oxygens (including phenoxy) is 1. The summed E-state index contributed by atoms with van der Waals surface area (Å²) in [6.07, 6.45) is 1.46. The number of thioether (sulfide) groups is 1. The Labute approximate surface area is 177 Å². The Morgan fingerprint density at radius 3 is 2.67 bits per heavy atom. The number of benzene rings is 2. The fourth-order valence-electron chi connectivity index (χ4n) is 3.43. The Morgan fingerprint density at radius 1 is 1.10 bits per heavy atom. The molecule has 8 heteroatoms. The van der Waals surface area contributed by atoms with Gasteiger partial charge < -0.3 is 9.64 Å². The minimum absolute atomic E-state index is 0.0935. The van der Waals surface area contributed by atoms with E-state index in [-0.39, 0.29) is 29.1 Å². The van der Waals surface area contributed by atoms with Crippen LogP contribution in [-0.2, 0) is 9.53 Å². The molecular formula is C22H18N2O5S. The van der Waals surface area contributed by atoms with Crippen LogP contribution in [0.2, 0.25) is 0 Å². The minimum atomic E-state index is -0.728. The molecule has 0 spiro atoms. The Balaban J connectivity index is 1.45. The van der Waals surface area contributed by atoms with E-state index in [9.17, 15) is 19.2 Å². The standard InChI is InChI=1S/C22H18N2O5S/c1-2-9-24-20(26)15-8-7-14(12-16(15)21(24)27)22(28)29-13-19(25)23-10-11-30-18-6-4-3-5-17(18)23/h2-8,12H,1,9-11,13H2. The van der Waals surface area contributed by atoms with Crippen molar-refractivity contribution in [1.29, 1.82) is 0 Å². The summed E-state index contributed by atoms with van der Waals surface area (Å²) in [5.41, 5.74) is 1.29. The molecule has 0 bridgehead atoms. The van der Waals surface area contributed by atoms with E-state index in [2.05, 4.69) is 6.58 Å². The summed E-state index contributed by atoms with van der Waals surface area (Å²) >= 11 is 1.68. The third kappa shape index (κ3) is 3.50.